The third-order valence-corrected chi connectivity index (χ3v) is 3.11. The molecule has 0 aliphatic rings. The van der Waals surface area contributed by atoms with Crippen LogP contribution in [0.3, 0.4) is 0 Å². The van der Waals surface area contributed by atoms with Crippen LogP contribution in [0.1, 0.15) is 11.1 Å². The lowest BCUT2D eigenvalue weighted by Gasteiger charge is -1.99. The van der Waals surface area contributed by atoms with Gasteiger partial charge in [-0.3, -0.25) is 0 Å². The first-order chi connectivity index (χ1) is 8.65. The van der Waals surface area contributed by atoms with Crippen molar-refractivity contribution >= 4 is 29.3 Å². The van der Waals surface area contributed by atoms with E-state index in [2.05, 4.69) is 0 Å². The van der Waals surface area contributed by atoms with Gasteiger partial charge in [0.15, 0.2) is 0 Å². The van der Waals surface area contributed by atoms with Gasteiger partial charge in [0.25, 0.3) is 0 Å². The minimum atomic E-state index is -0.324. The third kappa shape index (κ3) is 3.59. The molecule has 0 unspecified atom stereocenters. The van der Waals surface area contributed by atoms with Crippen LogP contribution in [-0.4, -0.2) is 0 Å². The molecule has 18 heavy (non-hydrogen) atoms. The topological polar surface area (TPSA) is 0 Å². The Morgan fingerprint density at radius 2 is 1.72 bits per heavy atom. The average Bonchev–Trinajstić information content (AvgIpc) is 2.34. The molecule has 0 spiro atoms. The van der Waals surface area contributed by atoms with Gasteiger partial charge in [0.05, 0.1) is 5.02 Å². The molecule has 0 aliphatic heterocycles. The summed E-state index contributed by atoms with van der Waals surface area (Å²) < 4.78 is 12.9. The molecule has 3 heteroatoms. The lowest BCUT2D eigenvalue weighted by Crippen LogP contribution is -1.81. The summed E-state index contributed by atoms with van der Waals surface area (Å²) in [5, 5.41) is 1.15. The fourth-order valence-corrected chi connectivity index (χ4v) is 1.94. The molecule has 0 amide bonds. The highest BCUT2D eigenvalue weighted by atomic mass is 35.5. The summed E-state index contributed by atoms with van der Waals surface area (Å²) in [5.74, 6) is -0.324. The van der Waals surface area contributed by atoms with Crippen LogP contribution in [0.4, 0.5) is 4.39 Å². The van der Waals surface area contributed by atoms with Crippen molar-refractivity contribution in [1.82, 2.24) is 0 Å². The fraction of sp³-hybridized carbons (Fsp3) is 0.0667. The Bertz CT molecular complexity index is 559. The summed E-state index contributed by atoms with van der Waals surface area (Å²) in [6.45, 7) is 0. The van der Waals surface area contributed by atoms with E-state index in [1.165, 1.54) is 12.1 Å². The molecule has 0 bridgehead atoms. The maximum atomic E-state index is 12.9. The minimum Gasteiger partial charge on any atom is -0.207 e. The predicted molar refractivity (Wildman–Crippen MR) is 75.6 cm³/mol. The Morgan fingerprint density at radius 3 is 2.39 bits per heavy atom. The maximum Gasteiger partial charge on any atom is 0.124 e. The first kappa shape index (κ1) is 13.1. The Morgan fingerprint density at radius 1 is 1.00 bits per heavy atom. The molecular formula is C15H11Cl2F. The summed E-state index contributed by atoms with van der Waals surface area (Å²) in [4.78, 5) is 0. The van der Waals surface area contributed by atoms with E-state index in [0.29, 0.717) is 5.02 Å². The molecule has 0 atom stereocenters. The number of hydrogen-bond donors (Lipinski definition) is 0. The highest BCUT2D eigenvalue weighted by Gasteiger charge is 1.98. The molecule has 0 radical (unpaired) electrons. The number of hydrogen-bond acceptors (Lipinski definition) is 0. The summed E-state index contributed by atoms with van der Waals surface area (Å²) >= 11 is 11.7. The Balaban J connectivity index is 2.05. The van der Waals surface area contributed by atoms with Gasteiger partial charge in [0.1, 0.15) is 5.82 Å². The van der Waals surface area contributed by atoms with Gasteiger partial charge in [0, 0.05) is 5.02 Å². The molecule has 92 valence electrons. The Hall–Kier alpha value is -1.31. The molecule has 0 fully saturated rings. The quantitative estimate of drug-likeness (QED) is 0.707. The van der Waals surface area contributed by atoms with E-state index >= 15 is 0 Å². The van der Waals surface area contributed by atoms with Crippen LogP contribution in [0, 0.1) is 5.82 Å². The fourth-order valence-electron chi connectivity index (χ4n) is 1.58. The van der Waals surface area contributed by atoms with Crippen LogP contribution in [0.15, 0.2) is 48.5 Å². The van der Waals surface area contributed by atoms with Crippen LogP contribution < -0.4 is 0 Å². The normalized spacial score (nSPS) is 11.1. The smallest absolute Gasteiger partial charge is 0.124 e. The van der Waals surface area contributed by atoms with Gasteiger partial charge in [-0.1, -0.05) is 53.6 Å². The van der Waals surface area contributed by atoms with Gasteiger partial charge in [0.2, 0.25) is 0 Å². The average molecular weight is 281 g/mol. The second-order valence-corrected chi connectivity index (χ2v) is 4.74. The minimum absolute atomic E-state index is 0.324. The molecule has 2 aromatic rings. The number of allylic oxidation sites excluding steroid dienone is 1. The highest BCUT2D eigenvalue weighted by Crippen LogP contribution is 2.19. The zero-order chi connectivity index (χ0) is 13.0. The zero-order valence-corrected chi connectivity index (χ0v) is 11.0. The van der Waals surface area contributed by atoms with E-state index in [0.717, 1.165) is 22.6 Å². The van der Waals surface area contributed by atoms with Gasteiger partial charge in [-0.15, -0.1) is 0 Å². The Kier molecular flexibility index (Phi) is 4.40. The van der Waals surface area contributed by atoms with Gasteiger partial charge >= 0.3 is 0 Å². The van der Waals surface area contributed by atoms with Crippen molar-refractivity contribution in [2.75, 3.05) is 0 Å². The molecule has 2 rings (SSSR count). The van der Waals surface area contributed by atoms with E-state index in [-0.39, 0.29) is 5.82 Å². The molecule has 2 aromatic carbocycles. The number of benzene rings is 2. The number of rotatable bonds is 3. The Labute approximate surface area is 116 Å². The first-order valence-corrected chi connectivity index (χ1v) is 6.27. The van der Waals surface area contributed by atoms with Crippen molar-refractivity contribution in [3.8, 4) is 0 Å². The van der Waals surface area contributed by atoms with Crippen molar-refractivity contribution in [2.45, 2.75) is 6.42 Å². The largest absolute Gasteiger partial charge is 0.207 e. The third-order valence-electron chi connectivity index (χ3n) is 2.53. The van der Waals surface area contributed by atoms with E-state index in [9.17, 15) is 4.39 Å². The standard InChI is InChI=1S/C15H11Cl2F/c16-13-7-4-11(5-8-13)2-1-3-12-6-9-14(18)10-15(12)17/h1,3-10H,2H2/b3-1+. The van der Waals surface area contributed by atoms with Crippen molar-refractivity contribution in [2.24, 2.45) is 0 Å². The second kappa shape index (κ2) is 6.03. The van der Waals surface area contributed by atoms with Crippen LogP contribution in [0.2, 0.25) is 10.0 Å². The highest BCUT2D eigenvalue weighted by molar-refractivity contribution is 6.32. The molecule has 0 saturated carbocycles. The summed E-state index contributed by atoms with van der Waals surface area (Å²) in [7, 11) is 0. The van der Waals surface area contributed by atoms with Crippen LogP contribution in [0.25, 0.3) is 6.08 Å². The van der Waals surface area contributed by atoms with Crippen molar-refractivity contribution in [3.05, 3.63) is 75.5 Å². The maximum absolute atomic E-state index is 12.9. The van der Waals surface area contributed by atoms with Crippen LogP contribution in [-0.2, 0) is 6.42 Å². The van der Waals surface area contributed by atoms with Crippen molar-refractivity contribution in [3.63, 3.8) is 0 Å². The molecule has 0 aromatic heterocycles. The van der Waals surface area contributed by atoms with Crippen molar-refractivity contribution in [1.29, 1.82) is 0 Å². The zero-order valence-electron chi connectivity index (χ0n) is 9.54. The van der Waals surface area contributed by atoms with Crippen molar-refractivity contribution < 1.29 is 4.39 Å². The van der Waals surface area contributed by atoms with Gasteiger partial charge in [-0.2, -0.15) is 0 Å². The van der Waals surface area contributed by atoms with E-state index in [4.69, 9.17) is 23.2 Å². The van der Waals surface area contributed by atoms with E-state index in [1.807, 2.05) is 36.4 Å². The van der Waals surface area contributed by atoms with E-state index in [1.54, 1.807) is 6.07 Å². The monoisotopic (exact) mass is 280 g/mol. The lowest BCUT2D eigenvalue weighted by molar-refractivity contribution is 0.628. The first-order valence-electron chi connectivity index (χ1n) is 5.51. The summed E-state index contributed by atoms with van der Waals surface area (Å²) in [5.41, 5.74) is 1.97. The molecule has 0 saturated heterocycles. The summed E-state index contributed by atoms with van der Waals surface area (Å²) in [6, 6.07) is 12.0. The second-order valence-electron chi connectivity index (χ2n) is 3.90. The van der Waals surface area contributed by atoms with Crippen LogP contribution in [0.5, 0.6) is 0 Å². The van der Waals surface area contributed by atoms with Gasteiger partial charge in [-0.25, -0.2) is 4.39 Å². The molecule has 0 aliphatic carbocycles. The number of halogens is 3. The molecule has 0 N–H and O–H groups in total. The van der Waals surface area contributed by atoms with Gasteiger partial charge in [-0.05, 0) is 41.8 Å². The predicted octanol–water partition coefficient (Wildman–Crippen LogP) is 5.39. The SMILES string of the molecule is Fc1ccc(/C=C/Cc2ccc(Cl)cc2)c(Cl)c1. The molecule has 0 heterocycles. The molecule has 0 nitrogen and oxygen atoms in total. The summed E-state index contributed by atoms with van der Waals surface area (Å²) in [6.07, 6.45) is 4.66. The van der Waals surface area contributed by atoms with E-state index < -0.39 is 0 Å². The van der Waals surface area contributed by atoms with Gasteiger partial charge < -0.3 is 0 Å². The van der Waals surface area contributed by atoms with Crippen LogP contribution >= 0.6 is 23.2 Å². The molecular weight excluding hydrogens is 270 g/mol. The lowest BCUT2D eigenvalue weighted by atomic mass is 10.1.